The lowest BCUT2D eigenvalue weighted by atomic mass is 10.1. The molecule has 0 radical (unpaired) electrons. The van der Waals surface area contributed by atoms with Crippen LogP contribution in [0.15, 0.2) is 63.6 Å². The average molecular weight is 350 g/mol. The highest BCUT2D eigenvalue weighted by molar-refractivity contribution is 5.86. The summed E-state index contributed by atoms with van der Waals surface area (Å²) in [5, 5.41) is 18.0. The molecular weight excluding hydrogens is 336 g/mol. The van der Waals surface area contributed by atoms with Gasteiger partial charge in [-0.15, -0.1) is 10.2 Å². The Hall–Kier alpha value is -3.61. The number of furan rings is 1. The van der Waals surface area contributed by atoms with Gasteiger partial charge in [-0.3, -0.25) is 4.79 Å². The van der Waals surface area contributed by atoms with E-state index in [1.165, 1.54) is 18.4 Å². The molecule has 7 nitrogen and oxygen atoms in total. The van der Waals surface area contributed by atoms with Crippen molar-refractivity contribution >= 4 is 16.9 Å². The molecular formula is C19H14N2O5. The van der Waals surface area contributed by atoms with Gasteiger partial charge in [0.05, 0.1) is 12.7 Å². The van der Waals surface area contributed by atoms with Crippen LogP contribution in [0.4, 0.5) is 0 Å². The van der Waals surface area contributed by atoms with Crippen LogP contribution in [-0.2, 0) is 22.6 Å². The molecule has 0 amide bonds. The number of carbonyl (C=O) groups is 1. The Morgan fingerprint density at radius 1 is 1.12 bits per heavy atom. The van der Waals surface area contributed by atoms with Crippen molar-refractivity contribution < 1.29 is 23.5 Å². The lowest BCUT2D eigenvalue weighted by Gasteiger charge is -2.01. The number of aromatic nitrogens is 2. The van der Waals surface area contributed by atoms with Crippen molar-refractivity contribution in [3.05, 3.63) is 66.2 Å². The molecule has 0 aliphatic heterocycles. The second-order valence-corrected chi connectivity index (χ2v) is 5.65. The van der Waals surface area contributed by atoms with Gasteiger partial charge in [-0.25, -0.2) is 0 Å². The zero-order chi connectivity index (χ0) is 17.9. The summed E-state index contributed by atoms with van der Waals surface area (Å²) in [7, 11) is 0. The van der Waals surface area contributed by atoms with Gasteiger partial charge >= 0.3 is 5.97 Å². The number of carbonyl (C=O) groups excluding carboxylic acids is 1. The first kappa shape index (κ1) is 15.9. The number of hydrogen-bond donors (Lipinski definition) is 1. The maximum Gasteiger partial charge on any atom is 0.310 e. The third-order valence-electron chi connectivity index (χ3n) is 3.82. The molecule has 0 saturated carbocycles. The van der Waals surface area contributed by atoms with Gasteiger partial charge in [0.15, 0.2) is 6.61 Å². The number of phenolic OH excluding ortho intramolecular Hbond substituents is 1. The molecule has 0 unspecified atom stereocenters. The second-order valence-electron chi connectivity index (χ2n) is 5.65. The standard InChI is InChI=1S/C19H14N2O5/c22-14-6-7-15-13(10-24-16(15)9-14)8-18(23)25-11-17-20-21-19(26-17)12-4-2-1-3-5-12/h1-7,9-10,22H,8,11H2. The third-order valence-corrected chi connectivity index (χ3v) is 3.82. The van der Waals surface area contributed by atoms with Crippen LogP contribution >= 0.6 is 0 Å². The second kappa shape index (κ2) is 6.72. The van der Waals surface area contributed by atoms with E-state index in [1.807, 2.05) is 30.3 Å². The summed E-state index contributed by atoms with van der Waals surface area (Å²) in [4.78, 5) is 12.1. The van der Waals surface area contributed by atoms with Gasteiger partial charge < -0.3 is 18.7 Å². The number of esters is 1. The number of ether oxygens (including phenoxy) is 1. The molecule has 4 rings (SSSR count). The average Bonchev–Trinajstić information content (AvgIpc) is 3.28. The molecule has 0 fully saturated rings. The Labute approximate surface area is 147 Å². The fourth-order valence-corrected chi connectivity index (χ4v) is 2.57. The molecule has 0 atom stereocenters. The zero-order valence-electron chi connectivity index (χ0n) is 13.6. The molecule has 2 aromatic carbocycles. The molecule has 0 bridgehead atoms. The van der Waals surface area contributed by atoms with Crippen LogP contribution in [0.25, 0.3) is 22.4 Å². The predicted octanol–water partition coefficient (Wildman–Crippen LogP) is 3.47. The predicted molar refractivity (Wildman–Crippen MR) is 91.1 cm³/mol. The van der Waals surface area contributed by atoms with E-state index >= 15 is 0 Å². The molecule has 1 N–H and O–H groups in total. The molecule has 26 heavy (non-hydrogen) atoms. The summed E-state index contributed by atoms with van der Waals surface area (Å²) < 4.78 is 16.0. The van der Waals surface area contributed by atoms with Crippen LogP contribution in [0.1, 0.15) is 11.5 Å². The van der Waals surface area contributed by atoms with E-state index in [2.05, 4.69) is 10.2 Å². The fraction of sp³-hybridized carbons (Fsp3) is 0.105. The normalized spacial score (nSPS) is 10.9. The van der Waals surface area contributed by atoms with Crippen molar-refractivity contribution in [2.75, 3.05) is 0 Å². The Bertz CT molecular complexity index is 1050. The summed E-state index contributed by atoms with van der Waals surface area (Å²) in [6, 6.07) is 14.1. The van der Waals surface area contributed by atoms with E-state index in [1.54, 1.807) is 6.07 Å². The Balaban J connectivity index is 1.39. The Morgan fingerprint density at radius 3 is 2.81 bits per heavy atom. The van der Waals surface area contributed by atoms with Gasteiger partial charge in [0, 0.05) is 22.6 Å². The minimum Gasteiger partial charge on any atom is -0.508 e. The third kappa shape index (κ3) is 3.27. The van der Waals surface area contributed by atoms with Crippen LogP contribution in [0.5, 0.6) is 5.75 Å². The van der Waals surface area contributed by atoms with Crippen molar-refractivity contribution in [2.45, 2.75) is 13.0 Å². The maximum atomic E-state index is 12.1. The topological polar surface area (TPSA) is 98.6 Å². The molecule has 0 saturated heterocycles. The van der Waals surface area contributed by atoms with Gasteiger partial charge in [-0.05, 0) is 24.3 Å². The summed E-state index contributed by atoms with van der Waals surface area (Å²) in [5.41, 5.74) is 1.99. The van der Waals surface area contributed by atoms with Crippen LogP contribution in [0, 0.1) is 0 Å². The molecule has 0 aliphatic carbocycles. The fourth-order valence-electron chi connectivity index (χ4n) is 2.57. The maximum absolute atomic E-state index is 12.1. The number of aromatic hydroxyl groups is 1. The van der Waals surface area contributed by atoms with Crippen LogP contribution in [0.2, 0.25) is 0 Å². The highest BCUT2D eigenvalue weighted by Crippen LogP contribution is 2.25. The highest BCUT2D eigenvalue weighted by atomic mass is 16.5. The van der Waals surface area contributed by atoms with E-state index in [4.69, 9.17) is 13.6 Å². The zero-order valence-corrected chi connectivity index (χ0v) is 13.6. The first-order chi connectivity index (χ1) is 12.7. The first-order valence-corrected chi connectivity index (χ1v) is 7.91. The van der Waals surface area contributed by atoms with Crippen molar-refractivity contribution in [3.63, 3.8) is 0 Å². The number of rotatable bonds is 5. The van der Waals surface area contributed by atoms with Crippen LogP contribution in [0.3, 0.4) is 0 Å². The minimum atomic E-state index is -0.444. The lowest BCUT2D eigenvalue weighted by Crippen LogP contribution is -2.07. The number of hydrogen-bond acceptors (Lipinski definition) is 7. The van der Waals surface area contributed by atoms with Gasteiger partial charge in [-0.1, -0.05) is 18.2 Å². The molecule has 0 aliphatic rings. The van der Waals surface area contributed by atoms with E-state index in [0.717, 1.165) is 10.9 Å². The van der Waals surface area contributed by atoms with Crippen LogP contribution in [-0.4, -0.2) is 21.3 Å². The van der Waals surface area contributed by atoms with Crippen LogP contribution < -0.4 is 0 Å². The van der Waals surface area contributed by atoms with E-state index < -0.39 is 5.97 Å². The quantitative estimate of drug-likeness (QED) is 0.550. The van der Waals surface area contributed by atoms with Crippen molar-refractivity contribution in [2.24, 2.45) is 0 Å². The summed E-state index contributed by atoms with van der Waals surface area (Å²) in [5.74, 6) is 0.253. The number of benzene rings is 2. The molecule has 130 valence electrons. The van der Waals surface area contributed by atoms with Crippen molar-refractivity contribution in [1.29, 1.82) is 0 Å². The van der Waals surface area contributed by atoms with Crippen molar-refractivity contribution in [3.8, 4) is 17.2 Å². The highest BCUT2D eigenvalue weighted by Gasteiger charge is 2.14. The molecule has 2 aromatic heterocycles. The van der Waals surface area contributed by atoms with Gasteiger partial charge in [-0.2, -0.15) is 0 Å². The Kier molecular flexibility index (Phi) is 4.10. The van der Waals surface area contributed by atoms with Gasteiger partial charge in [0.25, 0.3) is 5.89 Å². The largest absolute Gasteiger partial charge is 0.508 e. The van der Waals surface area contributed by atoms with Crippen molar-refractivity contribution in [1.82, 2.24) is 10.2 Å². The summed E-state index contributed by atoms with van der Waals surface area (Å²) in [6.45, 7) is -0.102. The lowest BCUT2D eigenvalue weighted by molar-refractivity contribution is -0.144. The van der Waals surface area contributed by atoms with Gasteiger partial charge in [0.1, 0.15) is 11.3 Å². The number of phenols is 1. The van der Waals surface area contributed by atoms with Gasteiger partial charge in [0.2, 0.25) is 5.89 Å². The molecule has 7 heteroatoms. The van der Waals surface area contributed by atoms with E-state index in [9.17, 15) is 9.90 Å². The SMILES string of the molecule is O=C(Cc1coc2cc(O)ccc12)OCc1nnc(-c2ccccc2)o1. The minimum absolute atomic E-state index is 0.0391. The summed E-state index contributed by atoms with van der Waals surface area (Å²) in [6.07, 6.45) is 1.52. The summed E-state index contributed by atoms with van der Waals surface area (Å²) >= 11 is 0. The Morgan fingerprint density at radius 2 is 1.96 bits per heavy atom. The van der Waals surface area contributed by atoms with E-state index in [-0.39, 0.29) is 24.7 Å². The molecule has 0 spiro atoms. The van der Waals surface area contributed by atoms with E-state index in [0.29, 0.717) is 17.0 Å². The smallest absolute Gasteiger partial charge is 0.310 e. The number of nitrogens with zero attached hydrogens (tertiary/aromatic N) is 2. The molecule has 4 aromatic rings. The number of fused-ring (bicyclic) bond motifs is 1. The first-order valence-electron chi connectivity index (χ1n) is 7.91. The molecule has 2 heterocycles. The monoisotopic (exact) mass is 350 g/mol.